The van der Waals surface area contributed by atoms with Gasteiger partial charge in [0.05, 0.1) is 19.2 Å². The van der Waals surface area contributed by atoms with Crippen LogP contribution in [0.5, 0.6) is 5.88 Å². The maximum atomic E-state index is 5.43. The van der Waals surface area contributed by atoms with E-state index < -0.39 is 0 Å². The van der Waals surface area contributed by atoms with Crippen LogP contribution in [-0.4, -0.2) is 39.7 Å². The monoisotopic (exact) mass is 302 g/mol. The van der Waals surface area contributed by atoms with Gasteiger partial charge in [0.1, 0.15) is 0 Å². The fraction of sp³-hybridized carbons (Fsp3) is 0.562. The highest BCUT2D eigenvalue weighted by Gasteiger charge is 2.29. The summed E-state index contributed by atoms with van der Waals surface area (Å²) in [5.41, 5.74) is 2.75. The van der Waals surface area contributed by atoms with Crippen molar-refractivity contribution in [2.45, 2.75) is 46.2 Å². The summed E-state index contributed by atoms with van der Waals surface area (Å²) in [6.45, 7) is 7.80. The topological polar surface area (TPSA) is 64.3 Å². The Kier molecular flexibility index (Phi) is 4.11. The minimum Gasteiger partial charge on any atom is -0.480 e. The highest BCUT2D eigenvalue weighted by Crippen LogP contribution is 2.31. The smallest absolute Gasteiger partial charge is 0.241 e. The number of hydrogen-bond donors (Lipinski definition) is 0. The minimum atomic E-state index is 0.541. The number of ether oxygens (including phenoxy) is 1. The van der Waals surface area contributed by atoms with Gasteiger partial charge in [0.2, 0.25) is 17.6 Å². The molecule has 0 unspecified atom stereocenters. The van der Waals surface area contributed by atoms with Gasteiger partial charge in [-0.2, -0.15) is 4.98 Å². The highest BCUT2D eigenvalue weighted by atomic mass is 16.5. The van der Waals surface area contributed by atoms with Crippen LogP contribution in [0.15, 0.2) is 10.6 Å². The molecule has 22 heavy (non-hydrogen) atoms. The molecule has 1 saturated carbocycles. The van der Waals surface area contributed by atoms with Crippen LogP contribution in [0.1, 0.15) is 36.9 Å². The third kappa shape index (κ3) is 2.97. The summed E-state index contributed by atoms with van der Waals surface area (Å²) in [5.74, 6) is 1.73. The van der Waals surface area contributed by atoms with Crippen LogP contribution in [0.3, 0.4) is 0 Å². The van der Waals surface area contributed by atoms with Crippen molar-refractivity contribution in [2.75, 3.05) is 13.7 Å². The number of rotatable bonds is 6. The molecule has 0 saturated heterocycles. The quantitative estimate of drug-likeness (QED) is 0.817. The molecule has 1 aliphatic rings. The summed E-state index contributed by atoms with van der Waals surface area (Å²) in [6, 6.07) is 2.67. The van der Waals surface area contributed by atoms with Gasteiger partial charge < -0.3 is 9.26 Å². The van der Waals surface area contributed by atoms with E-state index in [4.69, 9.17) is 9.26 Å². The SMILES string of the molecule is CCN(Cc1nc(-c2c(C)cc(C)nc2OC)no1)C1CC1. The molecule has 0 bridgehead atoms. The second kappa shape index (κ2) is 6.04. The van der Waals surface area contributed by atoms with Crippen molar-refractivity contribution < 1.29 is 9.26 Å². The van der Waals surface area contributed by atoms with Crippen LogP contribution >= 0.6 is 0 Å². The Morgan fingerprint density at radius 1 is 1.32 bits per heavy atom. The van der Waals surface area contributed by atoms with Gasteiger partial charge in [-0.05, 0) is 44.9 Å². The highest BCUT2D eigenvalue weighted by molar-refractivity contribution is 5.65. The van der Waals surface area contributed by atoms with E-state index in [9.17, 15) is 0 Å². The summed E-state index contributed by atoms with van der Waals surface area (Å²) in [4.78, 5) is 11.3. The Bertz CT molecular complexity index is 664. The number of methoxy groups -OCH3 is 1. The maximum Gasteiger partial charge on any atom is 0.241 e. The molecule has 0 amide bonds. The lowest BCUT2D eigenvalue weighted by Crippen LogP contribution is -2.25. The van der Waals surface area contributed by atoms with E-state index in [1.807, 2.05) is 19.9 Å². The van der Waals surface area contributed by atoms with Gasteiger partial charge in [0, 0.05) is 11.7 Å². The average molecular weight is 302 g/mol. The second-order valence-corrected chi connectivity index (χ2v) is 5.77. The van der Waals surface area contributed by atoms with E-state index >= 15 is 0 Å². The van der Waals surface area contributed by atoms with Crippen LogP contribution in [0.2, 0.25) is 0 Å². The first-order valence-electron chi connectivity index (χ1n) is 7.71. The van der Waals surface area contributed by atoms with Crippen molar-refractivity contribution >= 4 is 0 Å². The van der Waals surface area contributed by atoms with Gasteiger partial charge in [-0.1, -0.05) is 12.1 Å². The molecule has 2 aromatic rings. The predicted molar refractivity (Wildman–Crippen MR) is 82.7 cm³/mol. The Balaban J connectivity index is 1.87. The van der Waals surface area contributed by atoms with E-state index in [0.717, 1.165) is 23.4 Å². The summed E-state index contributed by atoms with van der Waals surface area (Å²) < 4.78 is 10.8. The predicted octanol–water partition coefficient (Wildman–Crippen LogP) is 2.74. The van der Waals surface area contributed by atoms with E-state index in [1.165, 1.54) is 12.8 Å². The van der Waals surface area contributed by atoms with Crippen molar-refractivity contribution in [1.82, 2.24) is 20.0 Å². The van der Waals surface area contributed by atoms with E-state index in [1.54, 1.807) is 7.11 Å². The molecule has 118 valence electrons. The lowest BCUT2D eigenvalue weighted by molar-refractivity contribution is 0.227. The number of pyridine rings is 1. The van der Waals surface area contributed by atoms with Gasteiger partial charge in [-0.25, -0.2) is 4.98 Å². The Labute approximate surface area is 130 Å². The van der Waals surface area contributed by atoms with Crippen LogP contribution in [0.25, 0.3) is 11.4 Å². The fourth-order valence-electron chi connectivity index (χ4n) is 2.76. The van der Waals surface area contributed by atoms with Crippen molar-refractivity contribution in [1.29, 1.82) is 0 Å². The standard InChI is InChI=1S/C16H22N4O2/c1-5-20(12-6-7-12)9-13-18-15(19-22-13)14-10(2)8-11(3)17-16(14)21-4/h8,12H,5-7,9H2,1-4H3. The molecule has 2 aromatic heterocycles. The first-order valence-corrected chi connectivity index (χ1v) is 7.71. The van der Waals surface area contributed by atoms with Gasteiger partial charge in [0.15, 0.2) is 0 Å². The molecule has 0 radical (unpaired) electrons. The maximum absolute atomic E-state index is 5.43. The molecule has 0 aliphatic heterocycles. The molecule has 6 nitrogen and oxygen atoms in total. The molecule has 3 rings (SSSR count). The van der Waals surface area contributed by atoms with Gasteiger partial charge in [-0.15, -0.1) is 0 Å². The van der Waals surface area contributed by atoms with Crippen molar-refractivity contribution in [2.24, 2.45) is 0 Å². The van der Waals surface area contributed by atoms with Crippen molar-refractivity contribution in [3.63, 3.8) is 0 Å². The van der Waals surface area contributed by atoms with E-state index in [2.05, 4.69) is 26.9 Å². The molecule has 0 spiro atoms. The molecule has 0 aromatic carbocycles. The third-order valence-corrected chi connectivity index (χ3v) is 4.00. The lowest BCUT2D eigenvalue weighted by atomic mass is 10.1. The molecular formula is C16H22N4O2. The van der Waals surface area contributed by atoms with Gasteiger partial charge >= 0.3 is 0 Å². The van der Waals surface area contributed by atoms with Crippen molar-refractivity contribution in [3.05, 3.63) is 23.2 Å². The lowest BCUT2D eigenvalue weighted by Gasteiger charge is -2.16. The summed E-state index contributed by atoms with van der Waals surface area (Å²) in [5, 5.41) is 4.12. The number of nitrogens with zero attached hydrogens (tertiary/aromatic N) is 4. The number of aromatic nitrogens is 3. The number of hydrogen-bond acceptors (Lipinski definition) is 6. The molecule has 0 N–H and O–H groups in total. The zero-order chi connectivity index (χ0) is 15.7. The Morgan fingerprint density at radius 3 is 2.73 bits per heavy atom. The largest absolute Gasteiger partial charge is 0.480 e. The second-order valence-electron chi connectivity index (χ2n) is 5.77. The zero-order valence-electron chi connectivity index (χ0n) is 13.6. The Hall–Kier alpha value is -1.95. The van der Waals surface area contributed by atoms with E-state index in [0.29, 0.717) is 30.2 Å². The van der Waals surface area contributed by atoms with Gasteiger partial charge in [0.25, 0.3) is 0 Å². The van der Waals surface area contributed by atoms with Gasteiger partial charge in [-0.3, -0.25) is 4.90 Å². The van der Waals surface area contributed by atoms with Crippen LogP contribution in [-0.2, 0) is 6.54 Å². The van der Waals surface area contributed by atoms with Crippen LogP contribution < -0.4 is 4.74 Å². The summed E-state index contributed by atoms with van der Waals surface area (Å²) in [7, 11) is 1.61. The minimum absolute atomic E-state index is 0.541. The fourth-order valence-corrected chi connectivity index (χ4v) is 2.76. The molecule has 0 atom stereocenters. The average Bonchev–Trinajstić information content (AvgIpc) is 3.24. The molecule has 2 heterocycles. The first-order chi connectivity index (χ1) is 10.6. The van der Waals surface area contributed by atoms with E-state index in [-0.39, 0.29) is 0 Å². The van der Waals surface area contributed by atoms with Crippen molar-refractivity contribution in [3.8, 4) is 17.3 Å². The third-order valence-electron chi connectivity index (χ3n) is 4.00. The first kappa shape index (κ1) is 15.0. The van der Waals surface area contributed by atoms with Crippen LogP contribution in [0, 0.1) is 13.8 Å². The normalized spacial score (nSPS) is 14.6. The summed E-state index contributed by atoms with van der Waals surface area (Å²) >= 11 is 0. The summed E-state index contributed by atoms with van der Waals surface area (Å²) in [6.07, 6.45) is 2.54. The van der Waals surface area contributed by atoms with Crippen LogP contribution in [0.4, 0.5) is 0 Å². The molecule has 1 aliphatic carbocycles. The Morgan fingerprint density at radius 2 is 2.09 bits per heavy atom. The molecule has 6 heteroatoms. The molecule has 1 fully saturated rings. The molecular weight excluding hydrogens is 280 g/mol. The zero-order valence-corrected chi connectivity index (χ0v) is 13.6. The number of aryl methyl sites for hydroxylation is 2.